The number of aliphatic hydroxyl groups is 1. The van der Waals surface area contributed by atoms with E-state index in [2.05, 4.69) is 0 Å². The SMILES string of the molecule is Cc1ccc(F)c(C(=O)N2CCC(C(C)O)C2)c1F. The number of amides is 1. The molecule has 1 aromatic carbocycles. The first-order chi connectivity index (χ1) is 8.91. The fourth-order valence-electron chi connectivity index (χ4n) is 2.38. The van der Waals surface area contributed by atoms with Gasteiger partial charge < -0.3 is 10.0 Å². The van der Waals surface area contributed by atoms with Crippen molar-refractivity contribution in [2.75, 3.05) is 13.1 Å². The minimum atomic E-state index is -0.839. The zero-order chi connectivity index (χ0) is 14.2. The maximum absolute atomic E-state index is 13.9. The van der Waals surface area contributed by atoms with Gasteiger partial charge in [-0.25, -0.2) is 8.78 Å². The highest BCUT2D eigenvalue weighted by Gasteiger charge is 2.32. The normalized spacial score (nSPS) is 20.7. The summed E-state index contributed by atoms with van der Waals surface area (Å²) in [5, 5.41) is 9.49. The van der Waals surface area contributed by atoms with Gasteiger partial charge in [0.05, 0.1) is 6.10 Å². The number of rotatable bonds is 2. The summed E-state index contributed by atoms with van der Waals surface area (Å²) in [5.74, 6) is -2.30. The first kappa shape index (κ1) is 13.9. The molecule has 1 aromatic rings. The van der Waals surface area contributed by atoms with E-state index in [1.54, 1.807) is 6.92 Å². The van der Waals surface area contributed by atoms with Crippen molar-refractivity contribution in [1.29, 1.82) is 0 Å². The lowest BCUT2D eigenvalue weighted by Crippen LogP contribution is -2.31. The summed E-state index contributed by atoms with van der Waals surface area (Å²) in [4.78, 5) is 13.6. The van der Waals surface area contributed by atoms with E-state index in [1.165, 1.54) is 17.9 Å². The Labute approximate surface area is 110 Å². The third-order valence-electron chi connectivity index (χ3n) is 3.69. The Kier molecular flexibility index (Phi) is 3.85. The molecule has 0 spiro atoms. The van der Waals surface area contributed by atoms with Crippen LogP contribution in [0, 0.1) is 24.5 Å². The summed E-state index contributed by atoms with van der Waals surface area (Å²) in [6.45, 7) is 3.91. The van der Waals surface area contributed by atoms with E-state index in [9.17, 15) is 18.7 Å². The molecule has 19 heavy (non-hydrogen) atoms. The Morgan fingerprint density at radius 2 is 2.16 bits per heavy atom. The quantitative estimate of drug-likeness (QED) is 0.893. The number of aryl methyl sites for hydroxylation is 1. The average Bonchev–Trinajstić information content (AvgIpc) is 2.84. The highest BCUT2D eigenvalue weighted by atomic mass is 19.1. The fourth-order valence-corrected chi connectivity index (χ4v) is 2.38. The zero-order valence-corrected chi connectivity index (χ0v) is 11.0. The van der Waals surface area contributed by atoms with E-state index in [-0.39, 0.29) is 11.5 Å². The molecule has 0 radical (unpaired) electrons. The molecular weight excluding hydrogens is 252 g/mol. The van der Waals surface area contributed by atoms with Gasteiger partial charge in [0.1, 0.15) is 17.2 Å². The molecule has 5 heteroatoms. The van der Waals surface area contributed by atoms with Crippen LogP contribution in [-0.2, 0) is 0 Å². The molecule has 3 nitrogen and oxygen atoms in total. The highest BCUT2D eigenvalue weighted by molar-refractivity contribution is 5.95. The second-order valence-electron chi connectivity index (χ2n) is 5.09. The van der Waals surface area contributed by atoms with Crippen molar-refractivity contribution in [1.82, 2.24) is 4.90 Å². The summed E-state index contributed by atoms with van der Waals surface area (Å²) in [7, 11) is 0. The summed E-state index contributed by atoms with van der Waals surface area (Å²) in [6, 6.07) is 2.41. The number of halogens is 2. The smallest absolute Gasteiger partial charge is 0.259 e. The minimum Gasteiger partial charge on any atom is -0.393 e. The van der Waals surface area contributed by atoms with E-state index in [1.807, 2.05) is 0 Å². The van der Waals surface area contributed by atoms with Crippen LogP contribution in [0.2, 0.25) is 0 Å². The molecule has 1 saturated heterocycles. The topological polar surface area (TPSA) is 40.5 Å². The lowest BCUT2D eigenvalue weighted by atomic mass is 10.0. The van der Waals surface area contributed by atoms with Crippen LogP contribution in [0.3, 0.4) is 0 Å². The van der Waals surface area contributed by atoms with Gasteiger partial charge in [0, 0.05) is 19.0 Å². The van der Waals surface area contributed by atoms with Gasteiger partial charge in [-0.1, -0.05) is 6.07 Å². The summed E-state index contributed by atoms with van der Waals surface area (Å²) >= 11 is 0. The summed E-state index contributed by atoms with van der Waals surface area (Å²) < 4.78 is 27.5. The van der Waals surface area contributed by atoms with Crippen LogP contribution in [0.1, 0.15) is 29.3 Å². The number of benzene rings is 1. The van der Waals surface area contributed by atoms with Gasteiger partial charge in [0.25, 0.3) is 5.91 Å². The van der Waals surface area contributed by atoms with Gasteiger partial charge in [-0.15, -0.1) is 0 Å². The Bertz CT molecular complexity index is 502. The van der Waals surface area contributed by atoms with Gasteiger partial charge >= 0.3 is 0 Å². The summed E-state index contributed by atoms with van der Waals surface area (Å²) in [5.41, 5.74) is -0.248. The molecule has 1 N–H and O–H groups in total. The van der Waals surface area contributed by atoms with Gasteiger partial charge in [0.15, 0.2) is 0 Å². The molecule has 1 amide bonds. The minimum absolute atomic E-state index is 0.0279. The van der Waals surface area contributed by atoms with Crippen LogP contribution < -0.4 is 0 Å². The number of hydrogen-bond acceptors (Lipinski definition) is 2. The lowest BCUT2D eigenvalue weighted by Gasteiger charge is -2.18. The van der Waals surface area contributed by atoms with E-state index < -0.39 is 29.2 Å². The standard InChI is InChI=1S/C14H17F2NO2/c1-8-3-4-11(15)12(13(8)16)14(19)17-6-5-10(7-17)9(2)18/h3-4,9-10,18H,5-7H2,1-2H3. The van der Waals surface area contributed by atoms with Crippen molar-refractivity contribution in [2.24, 2.45) is 5.92 Å². The third kappa shape index (κ3) is 2.61. The lowest BCUT2D eigenvalue weighted by molar-refractivity contribution is 0.0753. The van der Waals surface area contributed by atoms with Gasteiger partial charge in [-0.3, -0.25) is 4.79 Å². The van der Waals surface area contributed by atoms with Crippen LogP contribution in [0.25, 0.3) is 0 Å². The maximum Gasteiger partial charge on any atom is 0.259 e. The Balaban J connectivity index is 2.24. The molecule has 0 bridgehead atoms. The van der Waals surface area contributed by atoms with Crippen LogP contribution in [-0.4, -0.2) is 35.1 Å². The molecule has 1 fully saturated rings. The predicted octanol–water partition coefficient (Wildman–Crippen LogP) is 2.12. The molecule has 0 aromatic heterocycles. The molecule has 2 atom stereocenters. The van der Waals surface area contributed by atoms with E-state index >= 15 is 0 Å². The van der Waals surface area contributed by atoms with Crippen molar-refractivity contribution in [3.05, 3.63) is 34.9 Å². The molecule has 2 unspecified atom stereocenters. The Hall–Kier alpha value is -1.49. The van der Waals surface area contributed by atoms with Crippen molar-refractivity contribution < 1.29 is 18.7 Å². The number of aliphatic hydroxyl groups excluding tert-OH is 1. The average molecular weight is 269 g/mol. The largest absolute Gasteiger partial charge is 0.393 e. The fraction of sp³-hybridized carbons (Fsp3) is 0.500. The molecule has 1 aliphatic heterocycles. The van der Waals surface area contributed by atoms with Crippen LogP contribution in [0.4, 0.5) is 8.78 Å². The maximum atomic E-state index is 13.9. The monoisotopic (exact) mass is 269 g/mol. The molecular formula is C14H17F2NO2. The molecule has 1 aliphatic rings. The highest BCUT2D eigenvalue weighted by Crippen LogP contribution is 2.24. The third-order valence-corrected chi connectivity index (χ3v) is 3.69. The number of likely N-dealkylation sites (tertiary alicyclic amines) is 1. The van der Waals surface area contributed by atoms with Gasteiger partial charge in [-0.05, 0) is 31.9 Å². The number of nitrogens with zero attached hydrogens (tertiary/aromatic N) is 1. The van der Waals surface area contributed by atoms with Crippen molar-refractivity contribution in [3.63, 3.8) is 0 Å². The van der Waals surface area contributed by atoms with Crippen LogP contribution >= 0.6 is 0 Å². The predicted molar refractivity (Wildman–Crippen MR) is 66.8 cm³/mol. The van der Waals surface area contributed by atoms with Crippen LogP contribution in [0.5, 0.6) is 0 Å². The van der Waals surface area contributed by atoms with Gasteiger partial charge in [-0.2, -0.15) is 0 Å². The Morgan fingerprint density at radius 1 is 1.47 bits per heavy atom. The first-order valence-corrected chi connectivity index (χ1v) is 6.33. The zero-order valence-electron chi connectivity index (χ0n) is 11.0. The first-order valence-electron chi connectivity index (χ1n) is 6.33. The summed E-state index contributed by atoms with van der Waals surface area (Å²) in [6.07, 6.45) is 0.128. The molecule has 1 heterocycles. The van der Waals surface area contributed by atoms with Crippen LogP contribution in [0.15, 0.2) is 12.1 Å². The molecule has 0 aliphatic carbocycles. The molecule has 104 valence electrons. The Morgan fingerprint density at radius 3 is 2.74 bits per heavy atom. The second-order valence-corrected chi connectivity index (χ2v) is 5.09. The van der Waals surface area contributed by atoms with E-state index in [4.69, 9.17) is 0 Å². The molecule has 0 saturated carbocycles. The number of carbonyl (C=O) groups is 1. The number of carbonyl (C=O) groups excluding carboxylic acids is 1. The second kappa shape index (κ2) is 5.25. The van der Waals surface area contributed by atoms with E-state index in [0.717, 1.165) is 6.07 Å². The van der Waals surface area contributed by atoms with Gasteiger partial charge in [0.2, 0.25) is 0 Å². The van der Waals surface area contributed by atoms with Crippen molar-refractivity contribution >= 4 is 5.91 Å². The van der Waals surface area contributed by atoms with E-state index in [0.29, 0.717) is 19.5 Å². The van der Waals surface area contributed by atoms with Crippen molar-refractivity contribution in [3.8, 4) is 0 Å². The molecule has 2 rings (SSSR count). The number of hydrogen-bond donors (Lipinski definition) is 1. The van der Waals surface area contributed by atoms with Crippen molar-refractivity contribution in [2.45, 2.75) is 26.4 Å².